The lowest BCUT2D eigenvalue weighted by Gasteiger charge is -2.31. The number of piperidine rings is 1. The molecule has 0 aromatic carbocycles. The minimum absolute atomic E-state index is 0.840. The van der Waals surface area contributed by atoms with E-state index < -0.39 is 0 Å². The van der Waals surface area contributed by atoms with E-state index in [0.29, 0.717) is 0 Å². The number of nitrogens with two attached hydrogens (primary N) is 1. The lowest BCUT2D eigenvalue weighted by molar-refractivity contribution is 0.170. The summed E-state index contributed by atoms with van der Waals surface area (Å²) in [6.07, 6.45) is 7.63. The molecule has 1 aromatic rings. The first-order valence-electron chi connectivity index (χ1n) is 6.17. The number of hydrogen-bond donors (Lipinski definition) is 1. The average molecular weight is 222 g/mol. The highest BCUT2D eigenvalue weighted by atomic mass is 15.2. The first kappa shape index (κ1) is 11.6. The molecule has 1 fully saturated rings. The van der Waals surface area contributed by atoms with Gasteiger partial charge in [0, 0.05) is 19.8 Å². The van der Waals surface area contributed by atoms with Crippen LogP contribution in [0.1, 0.15) is 25.0 Å². The molecule has 4 nitrogen and oxygen atoms in total. The Morgan fingerprint density at radius 2 is 2.19 bits per heavy atom. The number of rotatable bonds is 4. The highest BCUT2D eigenvalue weighted by Crippen LogP contribution is 2.20. The van der Waals surface area contributed by atoms with E-state index in [1.807, 2.05) is 12.5 Å². The van der Waals surface area contributed by atoms with Gasteiger partial charge in [-0.3, -0.25) is 4.90 Å². The SMILES string of the molecule is Cn1cncc1CN1CCC(CCN)CC1. The Bertz CT molecular complexity index is 313. The van der Waals surface area contributed by atoms with Crippen LogP contribution in [0.25, 0.3) is 0 Å². The smallest absolute Gasteiger partial charge is 0.0945 e. The van der Waals surface area contributed by atoms with Crippen molar-refractivity contribution in [1.82, 2.24) is 14.5 Å². The molecule has 0 bridgehead atoms. The molecule has 0 amide bonds. The summed E-state index contributed by atoms with van der Waals surface area (Å²) in [4.78, 5) is 6.67. The van der Waals surface area contributed by atoms with Crippen LogP contribution in [0.4, 0.5) is 0 Å². The van der Waals surface area contributed by atoms with Gasteiger partial charge in [0.2, 0.25) is 0 Å². The normalized spacial score (nSPS) is 19.1. The van der Waals surface area contributed by atoms with Crippen molar-refractivity contribution in [1.29, 1.82) is 0 Å². The van der Waals surface area contributed by atoms with Gasteiger partial charge in [-0.25, -0.2) is 4.98 Å². The van der Waals surface area contributed by atoms with Crippen LogP contribution in [-0.2, 0) is 13.6 Å². The van der Waals surface area contributed by atoms with Gasteiger partial charge in [-0.05, 0) is 44.8 Å². The molecule has 1 saturated heterocycles. The van der Waals surface area contributed by atoms with Gasteiger partial charge in [0.15, 0.2) is 0 Å². The molecular weight excluding hydrogens is 200 g/mol. The molecule has 0 radical (unpaired) electrons. The van der Waals surface area contributed by atoms with Crippen LogP contribution in [0.2, 0.25) is 0 Å². The van der Waals surface area contributed by atoms with E-state index in [0.717, 1.165) is 19.0 Å². The number of aromatic nitrogens is 2. The van der Waals surface area contributed by atoms with E-state index in [1.165, 1.54) is 38.0 Å². The maximum atomic E-state index is 5.60. The Morgan fingerprint density at radius 3 is 2.75 bits per heavy atom. The summed E-state index contributed by atoms with van der Waals surface area (Å²) < 4.78 is 2.10. The molecule has 2 N–H and O–H groups in total. The number of likely N-dealkylation sites (tertiary alicyclic amines) is 1. The number of nitrogens with zero attached hydrogens (tertiary/aromatic N) is 3. The van der Waals surface area contributed by atoms with Crippen LogP contribution in [0.15, 0.2) is 12.5 Å². The summed E-state index contributed by atoms with van der Waals surface area (Å²) in [7, 11) is 2.06. The fraction of sp³-hybridized carbons (Fsp3) is 0.750. The summed E-state index contributed by atoms with van der Waals surface area (Å²) >= 11 is 0. The maximum absolute atomic E-state index is 5.60. The molecule has 1 aromatic heterocycles. The van der Waals surface area contributed by atoms with Crippen LogP contribution in [-0.4, -0.2) is 34.1 Å². The molecular formula is C12H22N4. The quantitative estimate of drug-likeness (QED) is 0.826. The lowest BCUT2D eigenvalue weighted by Crippen LogP contribution is -2.34. The van der Waals surface area contributed by atoms with Crippen molar-refractivity contribution < 1.29 is 0 Å². The predicted molar refractivity (Wildman–Crippen MR) is 64.9 cm³/mol. The predicted octanol–water partition coefficient (Wildman–Crippen LogP) is 0.981. The molecule has 2 rings (SSSR count). The van der Waals surface area contributed by atoms with Gasteiger partial charge in [-0.1, -0.05) is 0 Å². The Labute approximate surface area is 97.4 Å². The van der Waals surface area contributed by atoms with E-state index in [-0.39, 0.29) is 0 Å². The molecule has 1 aliphatic heterocycles. The molecule has 0 saturated carbocycles. The highest BCUT2D eigenvalue weighted by Gasteiger charge is 2.19. The van der Waals surface area contributed by atoms with Crippen molar-refractivity contribution in [2.24, 2.45) is 18.7 Å². The third-order valence-corrected chi connectivity index (χ3v) is 3.58. The zero-order valence-corrected chi connectivity index (χ0v) is 10.1. The Hall–Kier alpha value is -0.870. The van der Waals surface area contributed by atoms with Gasteiger partial charge < -0.3 is 10.3 Å². The van der Waals surface area contributed by atoms with Crippen molar-refractivity contribution in [2.45, 2.75) is 25.8 Å². The monoisotopic (exact) mass is 222 g/mol. The summed E-state index contributed by atoms with van der Waals surface area (Å²) in [6, 6.07) is 0. The minimum Gasteiger partial charge on any atom is -0.337 e. The zero-order chi connectivity index (χ0) is 11.4. The van der Waals surface area contributed by atoms with Gasteiger partial charge in [0.1, 0.15) is 0 Å². The standard InChI is InChI=1S/C12H22N4/c1-15-10-14-8-12(15)9-16-6-3-11(2-5-13)4-7-16/h8,10-11H,2-7,9,13H2,1H3. The van der Waals surface area contributed by atoms with Gasteiger partial charge >= 0.3 is 0 Å². The maximum Gasteiger partial charge on any atom is 0.0945 e. The molecule has 4 heteroatoms. The fourth-order valence-corrected chi connectivity index (χ4v) is 2.43. The second kappa shape index (κ2) is 5.46. The molecule has 0 unspecified atom stereocenters. The zero-order valence-electron chi connectivity index (χ0n) is 10.1. The first-order valence-corrected chi connectivity index (χ1v) is 6.17. The topological polar surface area (TPSA) is 47.1 Å². The second-order valence-corrected chi connectivity index (χ2v) is 4.79. The van der Waals surface area contributed by atoms with Gasteiger partial charge in [0.25, 0.3) is 0 Å². The Kier molecular flexibility index (Phi) is 3.96. The van der Waals surface area contributed by atoms with E-state index in [4.69, 9.17) is 5.73 Å². The molecule has 0 spiro atoms. The Morgan fingerprint density at radius 1 is 1.44 bits per heavy atom. The van der Waals surface area contributed by atoms with Crippen LogP contribution >= 0.6 is 0 Å². The molecule has 90 valence electrons. The van der Waals surface area contributed by atoms with Crippen molar-refractivity contribution in [3.63, 3.8) is 0 Å². The van der Waals surface area contributed by atoms with Gasteiger partial charge in [-0.15, -0.1) is 0 Å². The van der Waals surface area contributed by atoms with Crippen LogP contribution in [0, 0.1) is 5.92 Å². The number of hydrogen-bond acceptors (Lipinski definition) is 3. The van der Waals surface area contributed by atoms with E-state index in [9.17, 15) is 0 Å². The minimum atomic E-state index is 0.840. The summed E-state index contributed by atoms with van der Waals surface area (Å²) in [5.74, 6) is 0.854. The van der Waals surface area contributed by atoms with Crippen molar-refractivity contribution >= 4 is 0 Å². The first-order chi connectivity index (χ1) is 7.79. The van der Waals surface area contributed by atoms with E-state index in [1.54, 1.807) is 0 Å². The van der Waals surface area contributed by atoms with Crippen molar-refractivity contribution in [3.05, 3.63) is 18.2 Å². The second-order valence-electron chi connectivity index (χ2n) is 4.79. The van der Waals surface area contributed by atoms with Crippen molar-refractivity contribution in [2.75, 3.05) is 19.6 Å². The van der Waals surface area contributed by atoms with Gasteiger partial charge in [0.05, 0.1) is 12.0 Å². The van der Waals surface area contributed by atoms with E-state index in [2.05, 4.69) is 21.5 Å². The highest BCUT2D eigenvalue weighted by molar-refractivity contribution is 4.97. The summed E-state index contributed by atoms with van der Waals surface area (Å²) in [6.45, 7) is 4.28. The molecule has 16 heavy (non-hydrogen) atoms. The third-order valence-electron chi connectivity index (χ3n) is 3.58. The van der Waals surface area contributed by atoms with Crippen LogP contribution in [0.5, 0.6) is 0 Å². The van der Waals surface area contributed by atoms with Gasteiger partial charge in [-0.2, -0.15) is 0 Å². The largest absolute Gasteiger partial charge is 0.337 e. The molecule has 2 heterocycles. The van der Waals surface area contributed by atoms with Crippen LogP contribution < -0.4 is 5.73 Å². The Balaban J connectivity index is 1.79. The number of imidazole rings is 1. The lowest BCUT2D eigenvalue weighted by atomic mass is 9.93. The van der Waals surface area contributed by atoms with Crippen molar-refractivity contribution in [3.8, 4) is 0 Å². The molecule has 1 aliphatic rings. The fourth-order valence-electron chi connectivity index (χ4n) is 2.43. The summed E-state index contributed by atoms with van der Waals surface area (Å²) in [5, 5.41) is 0. The molecule has 0 aliphatic carbocycles. The van der Waals surface area contributed by atoms with Crippen LogP contribution in [0.3, 0.4) is 0 Å². The van der Waals surface area contributed by atoms with E-state index >= 15 is 0 Å². The summed E-state index contributed by atoms with van der Waals surface area (Å²) in [5.41, 5.74) is 6.90. The number of aryl methyl sites for hydroxylation is 1. The molecule has 0 atom stereocenters. The third kappa shape index (κ3) is 2.83. The average Bonchev–Trinajstić information content (AvgIpc) is 2.68.